The molecule has 2 N–H and O–H groups in total. The number of fused-ring (bicyclic) bond motifs is 3. The molecule has 2 unspecified atom stereocenters. The van der Waals surface area contributed by atoms with Crippen LogP contribution in [0.5, 0.6) is 0 Å². The highest BCUT2D eigenvalue weighted by Gasteiger charge is 2.50. The van der Waals surface area contributed by atoms with Crippen LogP contribution in [-0.2, 0) is 15.1 Å². The van der Waals surface area contributed by atoms with Gasteiger partial charge in [-0.25, -0.2) is 4.98 Å². The van der Waals surface area contributed by atoms with E-state index in [1.54, 1.807) is 6.92 Å². The normalized spacial score (nSPS) is 26.4. The Kier molecular flexibility index (Phi) is 7.93. The first-order valence-electron chi connectivity index (χ1n) is 14.2. The smallest absolute Gasteiger partial charge is 0.307 e. The van der Waals surface area contributed by atoms with Gasteiger partial charge in [0, 0.05) is 18.6 Å². The van der Waals surface area contributed by atoms with Crippen molar-refractivity contribution in [3.63, 3.8) is 0 Å². The summed E-state index contributed by atoms with van der Waals surface area (Å²) in [5.74, 6) is -0.514. The molecule has 2 aliphatic heterocycles. The highest BCUT2D eigenvalue weighted by molar-refractivity contribution is 5.94. The van der Waals surface area contributed by atoms with Crippen molar-refractivity contribution in [1.82, 2.24) is 20.2 Å². The van der Waals surface area contributed by atoms with Crippen molar-refractivity contribution in [3.8, 4) is 0 Å². The molecule has 200 valence electrons. The van der Waals surface area contributed by atoms with E-state index >= 15 is 0 Å². The number of carbonyl (C=O) groups is 2. The van der Waals surface area contributed by atoms with Gasteiger partial charge in [-0.2, -0.15) is 0 Å². The van der Waals surface area contributed by atoms with Crippen LogP contribution in [0.25, 0.3) is 11.0 Å². The topological polar surface area (TPSA) is 102 Å². The lowest BCUT2D eigenvalue weighted by Gasteiger charge is -2.49. The molecular formula is C29H40N4O4. The third-order valence-corrected chi connectivity index (χ3v) is 8.74. The summed E-state index contributed by atoms with van der Waals surface area (Å²) in [7, 11) is 0. The van der Waals surface area contributed by atoms with Crippen molar-refractivity contribution in [1.29, 1.82) is 0 Å². The van der Waals surface area contributed by atoms with E-state index in [-0.39, 0.29) is 35.7 Å². The number of aromatic nitrogens is 2. The van der Waals surface area contributed by atoms with Crippen LogP contribution < -0.4 is 16.2 Å². The van der Waals surface area contributed by atoms with E-state index < -0.39 is 5.91 Å². The number of hydrogen-bond acceptors (Lipinski definition) is 6. The van der Waals surface area contributed by atoms with Gasteiger partial charge < -0.3 is 15.4 Å². The average Bonchev–Trinajstić information content (AvgIpc) is 3.21. The number of nitrogens with zero attached hydrogens (tertiary/aromatic N) is 2. The van der Waals surface area contributed by atoms with E-state index in [9.17, 15) is 14.4 Å². The number of amides is 1. The molecule has 3 aliphatic rings. The second kappa shape index (κ2) is 11.3. The molecule has 2 atom stereocenters. The van der Waals surface area contributed by atoms with Crippen LogP contribution in [0.15, 0.2) is 29.1 Å². The number of piperidine rings is 1. The van der Waals surface area contributed by atoms with Crippen molar-refractivity contribution in [2.75, 3.05) is 13.2 Å². The first-order valence-corrected chi connectivity index (χ1v) is 14.2. The summed E-state index contributed by atoms with van der Waals surface area (Å²) in [6, 6.07) is 8.53. The van der Waals surface area contributed by atoms with Gasteiger partial charge >= 0.3 is 5.97 Å². The molecule has 1 aromatic carbocycles. The first kappa shape index (κ1) is 25.9. The summed E-state index contributed by atoms with van der Waals surface area (Å²) < 4.78 is 6.95. The maximum absolute atomic E-state index is 14.3. The Morgan fingerprint density at radius 1 is 1.05 bits per heavy atom. The molecule has 1 aliphatic carbocycles. The number of rotatable bonds is 7. The van der Waals surface area contributed by atoms with Gasteiger partial charge in [-0.05, 0) is 63.5 Å². The summed E-state index contributed by atoms with van der Waals surface area (Å²) in [6.45, 7) is 2.15. The third kappa shape index (κ3) is 5.31. The number of ether oxygens (including phenoxy) is 1. The lowest BCUT2D eigenvalue weighted by molar-refractivity contribution is -0.142. The van der Waals surface area contributed by atoms with E-state index in [4.69, 9.17) is 4.74 Å². The van der Waals surface area contributed by atoms with Crippen molar-refractivity contribution >= 4 is 22.9 Å². The van der Waals surface area contributed by atoms with Gasteiger partial charge in [0.2, 0.25) is 0 Å². The van der Waals surface area contributed by atoms with Crippen LogP contribution in [-0.4, -0.2) is 46.7 Å². The molecule has 0 spiro atoms. The van der Waals surface area contributed by atoms with E-state index in [1.165, 1.54) is 32.1 Å². The SMILES string of the molecule is CCOC(=O)CCNC(=O)c1nc2ccccc2n(C2(C3CCCCCCC3)CC3CCC(C2)N3)c1=O. The van der Waals surface area contributed by atoms with Gasteiger partial charge in [0.15, 0.2) is 5.69 Å². The van der Waals surface area contributed by atoms with E-state index in [2.05, 4.69) is 15.6 Å². The lowest BCUT2D eigenvalue weighted by Crippen LogP contribution is -2.57. The van der Waals surface area contributed by atoms with Crippen molar-refractivity contribution in [3.05, 3.63) is 40.3 Å². The van der Waals surface area contributed by atoms with Gasteiger partial charge in [0.25, 0.3) is 11.5 Å². The van der Waals surface area contributed by atoms with Gasteiger partial charge in [-0.3, -0.25) is 19.0 Å². The predicted octanol–water partition coefficient (Wildman–Crippen LogP) is 4.05. The molecule has 37 heavy (non-hydrogen) atoms. The molecule has 3 heterocycles. The highest BCUT2D eigenvalue weighted by atomic mass is 16.5. The Labute approximate surface area is 218 Å². The number of para-hydroxylation sites is 2. The summed E-state index contributed by atoms with van der Waals surface area (Å²) >= 11 is 0. The molecule has 1 amide bonds. The van der Waals surface area contributed by atoms with Gasteiger partial charge in [-0.1, -0.05) is 44.2 Å². The summed E-state index contributed by atoms with van der Waals surface area (Å²) in [6.07, 6.45) is 12.5. The van der Waals surface area contributed by atoms with Crippen LogP contribution in [0.1, 0.15) is 94.5 Å². The monoisotopic (exact) mass is 508 g/mol. The van der Waals surface area contributed by atoms with Gasteiger partial charge in [0.05, 0.1) is 29.6 Å². The molecule has 2 saturated heterocycles. The molecule has 8 nitrogen and oxygen atoms in total. The van der Waals surface area contributed by atoms with E-state index in [1.807, 2.05) is 28.8 Å². The van der Waals surface area contributed by atoms with Gasteiger partial charge in [0.1, 0.15) is 0 Å². The first-order chi connectivity index (χ1) is 18.0. The molecule has 2 bridgehead atoms. The molecule has 3 fully saturated rings. The quantitative estimate of drug-likeness (QED) is 0.547. The van der Waals surface area contributed by atoms with Crippen molar-refractivity contribution in [2.45, 2.75) is 102 Å². The second-order valence-electron chi connectivity index (χ2n) is 11.1. The zero-order valence-electron chi connectivity index (χ0n) is 22.0. The summed E-state index contributed by atoms with van der Waals surface area (Å²) in [4.78, 5) is 43.8. The van der Waals surface area contributed by atoms with Crippen LogP contribution in [0, 0.1) is 5.92 Å². The Morgan fingerprint density at radius 3 is 2.43 bits per heavy atom. The zero-order chi connectivity index (χ0) is 25.8. The minimum absolute atomic E-state index is 0.0579. The van der Waals surface area contributed by atoms with Crippen LogP contribution >= 0.6 is 0 Å². The minimum atomic E-state index is -0.529. The fourth-order valence-electron chi connectivity index (χ4n) is 7.17. The molecule has 2 aromatic rings. The Morgan fingerprint density at radius 2 is 1.73 bits per heavy atom. The minimum Gasteiger partial charge on any atom is -0.466 e. The van der Waals surface area contributed by atoms with Crippen molar-refractivity contribution in [2.24, 2.45) is 5.92 Å². The third-order valence-electron chi connectivity index (χ3n) is 8.74. The Bertz CT molecular complexity index is 1170. The average molecular weight is 509 g/mol. The molecule has 0 radical (unpaired) electrons. The predicted molar refractivity (Wildman–Crippen MR) is 143 cm³/mol. The van der Waals surface area contributed by atoms with Gasteiger partial charge in [-0.15, -0.1) is 0 Å². The number of benzene rings is 1. The zero-order valence-corrected chi connectivity index (χ0v) is 22.0. The fourth-order valence-corrected chi connectivity index (χ4v) is 7.17. The van der Waals surface area contributed by atoms with Crippen LogP contribution in [0.3, 0.4) is 0 Å². The van der Waals surface area contributed by atoms with E-state index in [0.29, 0.717) is 30.1 Å². The maximum Gasteiger partial charge on any atom is 0.307 e. The lowest BCUT2D eigenvalue weighted by atomic mass is 9.69. The Balaban J connectivity index is 1.58. The molecule has 5 rings (SSSR count). The molecular weight excluding hydrogens is 468 g/mol. The molecule has 1 aromatic heterocycles. The second-order valence-corrected chi connectivity index (χ2v) is 11.1. The van der Waals surface area contributed by atoms with E-state index in [0.717, 1.165) is 44.0 Å². The number of nitrogens with one attached hydrogen (secondary N) is 2. The number of esters is 1. The molecule has 1 saturated carbocycles. The largest absolute Gasteiger partial charge is 0.466 e. The standard InChI is InChI=1S/C29H40N4O4/c1-2-37-25(34)16-17-30-27(35)26-28(36)33(24-13-9-8-12-23(24)32-26)29(18-21-14-15-22(19-29)31-21)20-10-6-4-3-5-7-11-20/h8-9,12-13,20-22,31H,2-7,10-11,14-19H2,1H3,(H,30,35). The van der Waals surface area contributed by atoms with Crippen LogP contribution in [0.4, 0.5) is 0 Å². The Hall–Kier alpha value is -2.74. The number of hydrogen-bond donors (Lipinski definition) is 2. The maximum atomic E-state index is 14.3. The fraction of sp³-hybridized carbons (Fsp3) is 0.655. The number of carbonyl (C=O) groups excluding carboxylic acids is 2. The summed E-state index contributed by atoms with van der Waals surface area (Å²) in [5.41, 5.74) is 0.746. The van der Waals surface area contributed by atoms with Crippen LogP contribution in [0.2, 0.25) is 0 Å². The molecule has 8 heteroatoms. The highest BCUT2D eigenvalue weighted by Crippen LogP contribution is 2.48. The summed E-state index contributed by atoms with van der Waals surface area (Å²) in [5, 5.41) is 6.52. The van der Waals surface area contributed by atoms with Crippen molar-refractivity contribution < 1.29 is 14.3 Å².